The molecule has 0 saturated carbocycles. The van der Waals surface area contributed by atoms with Crippen LogP contribution in [0.1, 0.15) is 80.6 Å². The second-order valence-corrected chi connectivity index (χ2v) is 13.7. The molecule has 0 aromatic heterocycles. The Balaban J connectivity index is 2.01. The van der Waals surface area contributed by atoms with Gasteiger partial charge in [0.05, 0.1) is 30.8 Å². The quantitative estimate of drug-likeness (QED) is 0.164. The van der Waals surface area contributed by atoms with Crippen molar-refractivity contribution >= 4 is 23.9 Å². The van der Waals surface area contributed by atoms with Gasteiger partial charge in [0.25, 0.3) is 0 Å². The first kappa shape index (κ1) is 37.2. The Morgan fingerprint density at radius 1 is 1.18 bits per heavy atom. The van der Waals surface area contributed by atoms with Gasteiger partial charge in [-0.2, -0.15) is 5.10 Å². The number of allylic oxidation sites excluding steroid dienone is 1. The van der Waals surface area contributed by atoms with Gasteiger partial charge in [-0.3, -0.25) is 14.4 Å². The molecule has 12 heteroatoms. The number of amides is 1. The standard InChI is InChI=1S/C33H55N3O9/c1-10-27-21(5)31-33(7,45-31)13-11-25(38)18(2)15-23(12-14-34-35-22(6)37)30(20(4)26(39)17-28(40)43-27)44-32-29(41)24(36(8)9)16-19(3)42-32/h11,13-14,18-21,23-24,26-27,29-32,39,41H,10,12,15-17H2,1-9H3,(H,35,37)/b13-11+,34-14+/t18-,19+,20+,21-,23+,24-,26-,27-,29-,30-,31+,32-,33+/m1/s1. The van der Waals surface area contributed by atoms with Crippen molar-refractivity contribution in [2.45, 2.75) is 135 Å². The SMILES string of the molecule is CC[C@H]1OC(=O)C[C@@H](O)[C@H](C)[C@@H](O[C@H]2O[C@@H](C)C[C@@H](N(C)C)[C@H]2O)[C@@H](C/C=N/NC(C)=O)C[C@@H](C)C(=O)/C=C/[C@]2(C)O[C@H]2[C@@H]1C. The number of hydrazone groups is 1. The number of carbonyl (C=O) groups is 3. The Labute approximate surface area is 267 Å². The fraction of sp³-hybridized carbons (Fsp3) is 0.818. The number of hydrogen-bond acceptors (Lipinski definition) is 11. The van der Waals surface area contributed by atoms with Crippen LogP contribution in [0.2, 0.25) is 0 Å². The van der Waals surface area contributed by atoms with E-state index in [0.717, 1.165) is 0 Å². The van der Waals surface area contributed by atoms with E-state index in [1.54, 1.807) is 25.3 Å². The van der Waals surface area contributed by atoms with Crippen LogP contribution in [-0.2, 0) is 33.3 Å². The Hall–Kier alpha value is -2.22. The average molecular weight is 638 g/mol. The molecule has 0 aromatic carbocycles. The van der Waals surface area contributed by atoms with Crippen LogP contribution in [0.15, 0.2) is 17.3 Å². The number of ketones is 1. The number of nitrogens with zero attached hydrogens (tertiary/aromatic N) is 2. The highest BCUT2D eigenvalue weighted by Crippen LogP contribution is 2.45. The number of rotatable bonds is 7. The Morgan fingerprint density at radius 3 is 2.49 bits per heavy atom. The van der Waals surface area contributed by atoms with Crippen molar-refractivity contribution in [3.05, 3.63) is 12.2 Å². The maximum absolute atomic E-state index is 13.4. The molecule has 3 N–H and O–H groups in total. The van der Waals surface area contributed by atoms with Gasteiger partial charge in [0.15, 0.2) is 12.1 Å². The van der Waals surface area contributed by atoms with Crippen molar-refractivity contribution in [3.8, 4) is 0 Å². The summed E-state index contributed by atoms with van der Waals surface area (Å²) < 4.78 is 24.5. The molecule has 0 aliphatic carbocycles. The predicted octanol–water partition coefficient (Wildman–Crippen LogP) is 2.59. The number of epoxide rings is 1. The van der Waals surface area contributed by atoms with Gasteiger partial charge >= 0.3 is 5.97 Å². The van der Waals surface area contributed by atoms with Gasteiger partial charge in [0.1, 0.15) is 17.8 Å². The number of aliphatic hydroxyl groups is 2. The second-order valence-electron chi connectivity index (χ2n) is 13.7. The fourth-order valence-corrected chi connectivity index (χ4v) is 6.70. The first-order valence-electron chi connectivity index (χ1n) is 16.3. The first-order chi connectivity index (χ1) is 21.1. The van der Waals surface area contributed by atoms with E-state index in [0.29, 0.717) is 19.3 Å². The second kappa shape index (κ2) is 16.1. The number of fused-ring (bicyclic) bond motifs is 1. The van der Waals surface area contributed by atoms with Gasteiger partial charge in [0, 0.05) is 36.9 Å². The molecule has 2 saturated heterocycles. The maximum Gasteiger partial charge on any atom is 0.308 e. The summed E-state index contributed by atoms with van der Waals surface area (Å²) in [5, 5.41) is 26.7. The monoisotopic (exact) mass is 637 g/mol. The average Bonchev–Trinajstić information content (AvgIpc) is 3.65. The van der Waals surface area contributed by atoms with Gasteiger partial charge in [-0.05, 0) is 71.7 Å². The summed E-state index contributed by atoms with van der Waals surface area (Å²) in [5.74, 6) is -2.57. The first-order valence-corrected chi connectivity index (χ1v) is 16.3. The van der Waals surface area contributed by atoms with Crippen molar-refractivity contribution in [2.24, 2.45) is 28.8 Å². The van der Waals surface area contributed by atoms with E-state index in [9.17, 15) is 24.6 Å². The molecule has 3 rings (SSSR count). The Bertz CT molecular complexity index is 1080. The van der Waals surface area contributed by atoms with Crippen LogP contribution in [-0.4, -0.2) is 108 Å². The van der Waals surface area contributed by atoms with Crippen molar-refractivity contribution in [3.63, 3.8) is 0 Å². The maximum atomic E-state index is 13.4. The number of likely N-dealkylation sites (N-methyl/N-ethyl adjacent to an activating group) is 1. The summed E-state index contributed by atoms with van der Waals surface area (Å²) in [6.45, 7) is 12.7. The Kier molecular flexibility index (Phi) is 13.3. The van der Waals surface area contributed by atoms with Gasteiger partial charge in [0.2, 0.25) is 5.91 Å². The smallest absolute Gasteiger partial charge is 0.308 e. The lowest BCUT2D eigenvalue weighted by molar-refractivity contribution is -0.282. The highest BCUT2D eigenvalue weighted by molar-refractivity contribution is 5.91. The van der Waals surface area contributed by atoms with Gasteiger partial charge in [-0.15, -0.1) is 0 Å². The zero-order valence-electron chi connectivity index (χ0n) is 28.3. The zero-order chi connectivity index (χ0) is 33.6. The van der Waals surface area contributed by atoms with E-state index in [1.165, 1.54) is 6.92 Å². The van der Waals surface area contributed by atoms with Crippen molar-refractivity contribution in [2.75, 3.05) is 14.1 Å². The minimum atomic E-state index is -1.16. The minimum absolute atomic E-state index is 0.0883. The molecule has 0 unspecified atom stereocenters. The van der Waals surface area contributed by atoms with Crippen molar-refractivity contribution in [1.82, 2.24) is 10.3 Å². The van der Waals surface area contributed by atoms with Crippen LogP contribution in [0.4, 0.5) is 0 Å². The zero-order valence-corrected chi connectivity index (χ0v) is 28.3. The van der Waals surface area contributed by atoms with Crippen LogP contribution in [0.3, 0.4) is 0 Å². The van der Waals surface area contributed by atoms with E-state index < -0.39 is 60.0 Å². The van der Waals surface area contributed by atoms with E-state index >= 15 is 0 Å². The molecule has 45 heavy (non-hydrogen) atoms. The minimum Gasteiger partial charge on any atom is -0.462 e. The molecule has 0 radical (unpaired) electrons. The molecule has 256 valence electrons. The van der Waals surface area contributed by atoms with Crippen molar-refractivity contribution in [1.29, 1.82) is 0 Å². The number of carbonyl (C=O) groups excluding carboxylic acids is 3. The largest absolute Gasteiger partial charge is 0.462 e. The third-order valence-electron chi connectivity index (χ3n) is 9.61. The van der Waals surface area contributed by atoms with E-state index in [2.05, 4.69) is 10.5 Å². The van der Waals surface area contributed by atoms with Gasteiger partial charge in [-0.1, -0.05) is 27.7 Å². The third-order valence-corrected chi connectivity index (χ3v) is 9.61. The van der Waals surface area contributed by atoms with Crippen LogP contribution in [0.25, 0.3) is 0 Å². The van der Waals surface area contributed by atoms with Gasteiger partial charge in [-0.25, -0.2) is 5.43 Å². The topological polar surface area (TPSA) is 160 Å². The summed E-state index contributed by atoms with van der Waals surface area (Å²) in [4.78, 5) is 39.9. The van der Waals surface area contributed by atoms with Gasteiger partial charge < -0.3 is 34.1 Å². The Morgan fingerprint density at radius 2 is 1.87 bits per heavy atom. The van der Waals surface area contributed by atoms with Crippen LogP contribution in [0.5, 0.6) is 0 Å². The summed E-state index contributed by atoms with van der Waals surface area (Å²) in [7, 11) is 3.77. The normalized spacial score (nSPS) is 42.7. The molecule has 0 aromatic rings. The predicted molar refractivity (Wildman–Crippen MR) is 168 cm³/mol. The molecule has 0 bridgehead atoms. The molecule has 3 aliphatic heterocycles. The molecule has 2 fully saturated rings. The summed E-state index contributed by atoms with van der Waals surface area (Å²) in [5.41, 5.74) is 1.75. The lowest BCUT2D eigenvalue weighted by Crippen LogP contribution is -2.56. The summed E-state index contributed by atoms with van der Waals surface area (Å²) in [6.07, 6.45) is 1.63. The summed E-state index contributed by atoms with van der Waals surface area (Å²) in [6, 6.07) is -0.228. The van der Waals surface area contributed by atoms with E-state index in [4.69, 9.17) is 18.9 Å². The summed E-state index contributed by atoms with van der Waals surface area (Å²) >= 11 is 0. The lowest BCUT2D eigenvalue weighted by atomic mass is 9.79. The number of hydrogen-bond donors (Lipinski definition) is 3. The molecular formula is C33H55N3O9. The highest BCUT2D eigenvalue weighted by Gasteiger charge is 2.55. The number of aliphatic hydroxyl groups excluding tert-OH is 2. The number of ether oxygens (including phenoxy) is 4. The fourth-order valence-electron chi connectivity index (χ4n) is 6.70. The molecule has 13 atom stereocenters. The van der Waals surface area contributed by atoms with Crippen LogP contribution >= 0.6 is 0 Å². The highest BCUT2D eigenvalue weighted by atomic mass is 16.7. The lowest BCUT2D eigenvalue weighted by Gasteiger charge is -2.44. The number of esters is 1. The number of nitrogens with one attached hydrogen (secondary N) is 1. The molecule has 12 nitrogen and oxygen atoms in total. The molecular weight excluding hydrogens is 582 g/mol. The van der Waals surface area contributed by atoms with Crippen LogP contribution < -0.4 is 5.43 Å². The molecule has 3 aliphatic rings. The third kappa shape index (κ3) is 9.89. The molecule has 1 amide bonds. The van der Waals surface area contributed by atoms with E-state index in [-0.39, 0.29) is 48.7 Å². The van der Waals surface area contributed by atoms with Crippen molar-refractivity contribution < 1.29 is 43.5 Å². The molecule has 3 heterocycles. The van der Waals surface area contributed by atoms with Crippen LogP contribution in [0, 0.1) is 23.7 Å². The van der Waals surface area contributed by atoms with E-state index in [1.807, 2.05) is 53.6 Å². The molecule has 0 spiro atoms. The number of cyclic esters (lactones) is 1.